The smallest absolute Gasteiger partial charge is 0.138 e. The molecular weight excluding hydrogens is 289 g/mol. The van der Waals surface area contributed by atoms with Crippen molar-refractivity contribution >= 4 is 18.0 Å². The van der Waals surface area contributed by atoms with Crippen LogP contribution in [-0.2, 0) is 11.3 Å². The minimum atomic E-state index is -0.234. The number of nitrogens with zero attached hydrogens (tertiary/aromatic N) is 1. The van der Waals surface area contributed by atoms with Crippen LogP contribution in [0.15, 0.2) is 30.3 Å². The van der Waals surface area contributed by atoms with Crippen molar-refractivity contribution in [2.45, 2.75) is 25.5 Å². The summed E-state index contributed by atoms with van der Waals surface area (Å²) in [6.07, 6.45) is 2.00. The van der Waals surface area contributed by atoms with Gasteiger partial charge in [-0.25, -0.2) is 9.37 Å². The maximum atomic E-state index is 12.9. The highest BCUT2D eigenvalue weighted by Crippen LogP contribution is 2.26. The first-order valence-electron chi connectivity index (χ1n) is 6.92. The molecule has 3 rings (SSSR count). The third-order valence-electron chi connectivity index (χ3n) is 3.39. The molecule has 1 aromatic carbocycles. The molecule has 1 aromatic heterocycles. The van der Waals surface area contributed by atoms with E-state index < -0.39 is 0 Å². The summed E-state index contributed by atoms with van der Waals surface area (Å²) in [7, 11) is 0. The lowest BCUT2D eigenvalue weighted by molar-refractivity contribution is 0.105. The lowest BCUT2D eigenvalue weighted by Gasteiger charge is -2.12. The Morgan fingerprint density at radius 2 is 2.19 bits per heavy atom. The second-order valence-electron chi connectivity index (χ2n) is 5.00. The van der Waals surface area contributed by atoms with Gasteiger partial charge >= 0.3 is 0 Å². The summed E-state index contributed by atoms with van der Waals surface area (Å²) in [5.74, 6) is 1.33. The predicted octanol–water partition coefficient (Wildman–Crippen LogP) is 3.74. The highest BCUT2D eigenvalue weighted by atomic mass is 32.1. The molecule has 1 atom stereocenters. The zero-order chi connectivity index (χ0) is 14.7. The van der Waals surface area contributed by atoms with Crippen molar-refractivity contribution in [3.63, 3.8) is 0 Å². The number of nitrogens with one attached hydrogen (secondary N) is 2. The Morgan fingerprint density at radius 3 is 2.90 bits per heavy atom. The molecule has 0 bridgehead atoms. The van der Waals surface area contributed by atoms with Crippen LogP contribution in [0.3, 0.4) is 0 Å². The van der Waals surface area contributed by atoms with Gasteiger partial charge in [0.25, 0.3) is 0 Å². The van der Waals surface area contributed by atoms with Gasteiger partial charge in [-0.05, 0) is 30.5 Å². The Morgan fingerprint density at radius 1 is 1.38 bits per heavy atom. The molecule has 2 aromatic rings. The molecule has 1 aliphatic rings. The van der Waals surface area contributed by atoms with Crippen LogP contribution in [0.1, 0.15) is 30.3 Å². The van der Waals surface area contributed by atoms with Gasteiger partial charge in [0.2, 0.25) is 0 Å². The summed E-state index contributed by atoms with van der Waals surface area (Å²) in [4.78, 5) is 7.55. The zero-order valence-electron chi connectivity index (χ0n) is 11.4. The van der Waals surface area contributed by atoms with Gasteiger partial charge in [-0.3, -0.25) is 0 Å². The normalized spacial score (nSPS) is 17.9. The second-order valence-corrected chi connectivity index (χ2v) is 5.42. The van der Waals surface area contributed by atoms with E-state index in [9.17, 15) is 4.39 Å². The number of hydrogen-bond acceptors (Lipinski definition) is 4. The summed E-state index contributed by atoms with van der Waals surface area (Å²) in [6, 6.07) is 8.17. The van der Waals surface area contributed by atoms with Gasteiger partial charge in [-0.15, -0.1) is 0 Å². The van der Waals surface area contributed by atoms with E-state index in [1.165, 1.54) is 12.1 Å². The summed E-state index contributed by atoms with van der Waals surface area (Å²) in [5, 5.41) is 3.24. The Kier molecular flexibility index (Phi) is 4.26. The van der Waals surface area contributed by atoms with Crippen molar-refractivity contribution in [2.24, 2.45) is 0 Å². The van der Waals surface area contributed by atoms with Crippen LogP contribution in [-0.4, -0.2) is 16.6 Å². The Labute approximate surface area is 127 Å². The molecule has 2 heterocycles. The van der Waals surface area contributed by atoms with E-state index in [1.807, 2.05) is 0 Å². The molecule has 2 N–H and O–H groups in total. The third-order valence-corrected chi connectivity index (χ3v) is 3.60. The molecule has 0 radical (unpaired) electrons. The Hall–Kier alpha value is -1.79. The molecule has 0 aliphatic carbocycles. The van der Waals surface area contributed by atoms with Crippen LogP contribution in [0.25, 0.3) is 0 Å². The number of halogens is 1. The van der Waals surface area contributed by atoms with Gasteiger partial charge in [-0.1, -0.05) is 24.4 Å². The van der Waals surface area contributed by atoms with Crippen LogP contribution < -0.4 is 5.32 Å². The topological polar surface area (TPSA) is 49.9 Å². The Bertz CT molecular complexity index is 665. The maximum absolute atomic E-state index is 12.9. The molecule has 1 fully saturated rings. The van der Waals surface area contributed by atoms with Gasteiger partial charge in [0.05, 0.1) is 0 Å². The number of rotatable bonds is 4. The molecule has 0 spiro atoms. The molecule has 21 heavy (non-hydrogen) atoms. The zero-order valence-corrected chi connectivity index (χ0v) is 12.3. The maximum Gasteiger partial charge on any atom is 0.138 e. The average molecular weight is 305 g/mol. The van der Waals surface area contributed by atoms with Gasteiger partial charge in [0.1, 0.15) is 28.2 Å². The molecule has 4 nitrogen and oxygen atoms in total. The fourth-order valence-corrected chi connectivity index (χ4v) is 2.53. The number of anilines is 1. The molecule has 1 aliphatic heterocycles. The molecule has 6 heteroatoms. The number of ether oxygens (including phenoxy) is 1. The molecular formula is C15H16FN3OS. The largest absolute Gasteiger partial charge is 0.370 e. The monoisotopic (exact) mass is 305 g/mol. The van der Waals surface area contributed by atoms with Crippen LogP contribution in [0.5, 0.6) is 0 Å². The van der Waals surface area contributed by atoms with Crippen LogP contribution in [0.4, 0.5) is 10.2 Å². The first kappa shape index (κ1) is 14.2. The van der Waals surface area contributed by atoms with Crippen molar-refractivity contribution in [1.29, 1.82) is 0 Å². The summed E-state index contributed by atoms with van der Waals surface area (Å²) < 4.78 is 19.0. The fourth-order valence-electron chi connectivity index (χ4n) is 2.32. The molecule has 1 unspecified atom stereocenters. The summed E-state index contributed by atoms with van der Waals surface area (Å²) >= 11 is 5.19. The minimum Gasteiger partial charge on any atom is -0.370 e. The number of hydrogen-bond donors (Lipinski definition) is 2. The summed E-state index contributed by atoms with van der Waals surface area (Å²) in [6.45, 7) is 1.35. The highest BCUT2D eigenvalue weighted by Gasteiger charge is 2.20. The lowest BCUT2D eigenvalue weighted by atomic mass is 10.2. The second kappa shape index (κ2) is 6.32. The van der Waals surface area contributed by atoms with Crippen LogP contribution >= 0.6 is 12.2 Å². The number of aromatic amines is 1. The van der Waals surface area contributed by atoms with Crippen molar-refractivity contribution in [3.8, 4) is 0 Å². The molecule has 110 valence electrons. The van der Waals surface area contributed by atoms with Crippen molar-refractivity contribution in [3.05, 3.63) is 52.2 Å². The predicted molar refractivity (Wildman–Crippen MR) is 81.1 cm³/mol. The molecule has 1 saturated heterocycles. The van der Waals surface area contributed by atoms with E-state index >= 15 is 0 Å². The van der Waals surface area contributed by atoms with Crippen LogP contribution in [0, 0.1) is 10.5 Å². The first-order valence-corrected chi connectivity index (χ1v) is 7.33. The minimum absolute atomic E-state index is 0.000675. The van der Waals surface area contributed by atoms with E-state index in [4.69, 9.17) is 17.0 Å². The summed E-state index contributed by atoms with van der Waals surface area (Å²) in [5.41, 5.74) is 0.992. The number of aromatic nitrogens is 2. The van der Waals surface area contributed by atoms with Crippen molar-refractivity contribution in [1.82, 2.24) is 9.97 Å². The van der Waals surface area contributed by atoms with Gasteiger partial charge in [0.15, 0.2) is 0 Å². The van der Waals surface area contributed by atoms with Crippen LogP contribution in [0.2, 0.25) is 0 Å². The highest BCUT2D eigenvalue weighted by molar-refractivity contribution is 7.71. The standard InChI is InChI=1S/C15H16FN3OS/c16-11-5-3-10(4-6-11)9-17-13-8-14(21)19-15(18-13)12-2-1-7-20-12/h3-6,8,12H,1-2,7,9H2,(H2,17,18,19,21). The molecule has 0 amide bonds. The lowest BCUT2D eigenvalue weighted by Crippen LogP contribution is -2.07. The van der Waals surface area contributed by atoms with Gasteiger partial charge in [0, 0.05) is 19.2 Å². The van der Waals surface area contributed by atoms with E-state index in [1.54, 1.807) is 18.2 Å². The quantitative estimate of drug-likeness (QED) is 0.845. The van der Waals surface area contributed by atoms with Gasteiger partial charge in [-0.2, -0.15) is 0 Å². The van der Waals surface area contributed by atoms with E-state index in [0.29, 0.717) is 11.2 Å². The SMILES string of the molecule is Fc1ccc(CNc2cc(=S)nc(C3CCCO3)[nH]2)cc1. The first-order chi connectivity index (χ1) is 10.2. The van der Waals surface area contributed by atoms with E-state index in [0.717, 1.165) is 36.7 Å². The number of benzene rings is 1. The average Bonchev–Trinajstić information content (AvgIpc) is 3.00. The van der Waals surface area contributed by atoms with Crippen molar-refractivity contribution < 1.29 is 9.13 Å². The van der Waals surface area contributed by atoms with Crippen molar-refractivity contribution in [2.75, 3.05) is 11.9 Å². The Balaban J connectivity index is 1.72. The fraction of sp³-hybridized carbons (Fsp3) is 0.333. The van der Waals surface area contributed by atoms with E-state index in [-0.39, 0.29) is 11.9 Å². The third kappa shape index (κ3) is 3.65. The molecule has 0 saturated carbocycles. The number of H-pyrrole nitrogens is 1. The van der Waals surface area contributed by atoms with Gasteiger partial charge < -0.3 is 15.0 Å². The van der Waals surface area contributed by atoms with E-state index in [2.05, 4.69) is 15.3 Å².